The summed E-state index contributed by atoms with van der Waals surface area (Å²) in [6.07, 6.45) is 0.688. The van der Waals surface area contributed by atoms with Gasteiger partial charge in [0.1, 0.15) is 11.6 Å². The van der Waals surface area contributed by atoms with Crippen molar-refractivity contribution in [2.75, 3.05) is 13.1 Å². The van der Waals surface area contributed by atoms with Crippen molar-refractivity contribution in [1.29, 1.82) is 0 Å². The van der Waals surface area contributed by atoms with Gasteiger partial charge in [-0.15, -0.1) is 0 Å². The molecule has 0 spiro atoms. The van der Waals surface area contributed by atoms with Crippen molar-refractivity contribution in [3.05, 3.63) is 29.8 Å². The summed E-state index contributed by atoms with van der Waals surface area (Å²) in [7, 11) is -4.37. The summed E-state index contributed by atoms with van der Waals surface area (Å²) in [4.78, 5) is 9.91. The monoisotopic (exact) mass is 305 g/mol. The van der Waals surface area contributed by atoms with Gasteiger partial charge in [-0.25, -0.2) is 17.2 Å². The number of aliphatic carboxylic acids is 1. The van der Waals surface area contributed by atoms with Crippen molar-refractivity contribution in [3.8, 4) is 0 Å². The molecule has 5 nitrogen and oxygen atoms in total. The molecule has 1 aliphatic rings. The lowest BCUT2D eigenvalue weighted by molar-refractivity contribution is -0.142. The molecule has 0 radical (unpaired) electrons. The van der Waals surface area contributed by atoms with Crippen LogP contribution in [0.5, 0.6) is 0 Å². The maximum Gasteiger partial charge on any atom is 0.307 e. The van der Waals surface area contributed by atoms with E-state index in [1.165, 1.54) is 0 Å². The highest BCUT2D eigenvalue weighted by atomic mass is 32.2. The molecule has 20 heavy (non-hydrogen) atoms. The van der Waals surface area contributed by atoms with Crippen LogP contribution >= 0.6 is 0 Å². The summed E-state index contributed by atoms with van der Waals surface area (Å²) >= 11 is 0. The number of rotatable bonds is 3. The maximum atomic E-state index is 13.6. The van der Waals surface area contributed by atoms with E-state index < -0.39 is 38.4 Å². The van der Waals surface area contributed by atoms with Crippen molar-refractivity contribution in [1.82, 2.24) is 4.31 Å². The lowest BCUT2D eigenvalue weighted by Gasteiger charge is -2.29. The number of halogens is 2. The zero-order valence-corrected chi connectivity index (χ0v) is 11.2. The average molecular weight is 305 g/mol. The quantitative estimate of drug-likeness (QED) is 0.917. The Hall–Kier alpha value is -1.54. The van der Waals surface area contributed by atoms with Gasteiger partial charge in [0.2, 0.25) is 10.0 Å². The number of hydrogen-bond donors (Lipinski definition) is 1. The van der Waals surface area contributed by atoms with Gasteiger partial charge < -0.3 is 5.11 Å². The van der Waals surface area contributed by atoms with E-state index in [0.29, 0.717) is 12.8 Å². The largest absolute Gasteiger partial charge is 0.481 e. The summed E-state index contributed by atoms with van der Waals surface area (Å²) in [5.74, 6) is -4.32. The minimum absolute atomic E-state index is 0.0554. The SMILES string of the molecule is O=C(O)[C@H]1CCCN(S(=O)(=O)c2c(F)cccc2F)C1. The maximum absolute atomic E-state index is 13.6. The van der Waals surface area contributed by atoms with Crippen LogP contribution in [0.15, 0.2) is 23.1 Å². The molecule has 1 saturated heterocycles. The summed E-state index contributed by atoms with van der Waals surface area (Å²) in [5, 5.41) is 8.93. The van der Waals surface area contributed by atoms with Crippen LogP contribution in [-0.4, -0.2) is 36.9 Å². The Kier molecular flexibility index (Phi) is 4.05. The highest BCUT2D eigenvalue weighted by Gasteiger charge is 2.36. The number of carboxylic acid groups (broad SMARTS) is 1. The molecule has 110 valence electrons. The summed E-state index contributed by atoms with van der Waals surface area (Å²) < 4.78 is 52.5. The van der Waals surface area contributed by atoms with Crippen LogP contribution < -0.4 is 0 Å². The Morgan fingerprint density at radius 3 is 2.45 bits per heavy atom. The first-order valence-electron chi connectivity index (χ1n) is 6.01. The molecular formula is C12H13F2NO4S. The van der Waals surface area contributed by atoms with Crippen molar-refractivity contribution < 1.29 is 27.1 Å². The second-order valence-corrected chi connectivity index (χ2v) is 6.47. The van der Waals surface area contributed by atoms with Crippen LogP contribution in [0.25, 0.3) is 0 Å². The molecule has 8 heteroatoms. The Balaban J connectivity index is 2.38. The van der Waals surface area contributed by atoms with Crippen molar-refractivity contribution in [2.24, 2.45) is 5.92 Å². The van der Waals surface area contributed by atoms with Gasteiger partial charge in [-0.2, -0.15) is 4.31 Å². The van der Waals surface area contributed by atoms with E-state index in [2.05, 4.69) is 0 Å². The third-order valence-electron chi connectivity index (χ3n) is 3.25. The summed E-state index contributed by atoms with van der Waals surface area (Å²) in [6, 6.07) is 2.78. The van der Waals surface area contributed by atoms with Crippen molar-refractivity contribution in [3.63, 3.8) is 0 Å². The number of carboxylic acids is 1. The molecule has 0 saturated carbocycles. The van der Waals surface area contributed by atoms with E-state index in [1.54, 1.807) is 0 Å². The van der Waals surface area contributed by atoms with Gasteiger partial charge in [0.25, 0.3) is 0 Å². The smallest absolute Gasteiger partial charge is 0.307 e. The van der Waals surface area contributed by atoms with Crippen LogP contribution in [0.2, 0.25) is 0 Å². The number of hydrogen-bond acceptors (Lipinski definition) is 3. The van der Waals surface area contributed by atoms with E-state index in [4.69, 9.17) is 5.11 Å². The third kappa shape index (κ3) is 2.66. The molecule has 2 rings (SSSR count). The predicted molar refractivity (Wildman–Crippen MR) is 65.5 cm³/mol. The molecule has 1 aromatic rings. The molecule has 0 aromatic heterocycles. The second kappa shape index (κ2) is 5.45. The third-order valence-corrected chi connectivity index (χ3v) is 5.17. The van der Waals surface area contributed by atoms with Crippen LogP contribution in [-0.2, 0) is 14.8 Å². The van der Waals surface area contributed by atoms with Gasteiger partial charge in [-0.05, 0) is 25.0 Å². The van der Waals surface area contributed by atoms with E-state index in [9.17, 15) is 22.0 Å². The molecule has 0 bridgehead atoms. The standard InChI is InChI=1S/C12H13F2NO4S/c13-9-4-1-5-10(14)11(9)20(18,19)15-6-2-3-8(7-15)12(16)17/h1,4-5,8H,2-3,6-7H2,(H,16,17)/t8-/m0/s1. The van der Waals surface area contributed by atoms with Crippen LogP contribution in [0.3, 0.4) is 0 Å². The lowest BCUT2D eigenvalue weighted by Crippen LogP contribution is -2.42. The fourth-order valence-corrected chi connectivity index (χ4v) is 3.85. The zero-order valence-electron chi connectivity index (χ0n) is 10.4. The van der Waals surface area contributed by atoms with Crippen LogP contribution in [0.4, 0.5) is 8.78 Å². The average Bonchev–Trinajstić information content (AvgIpc) is 2.38. The number of carbonyl (C=O) groups is 1. The highest BCUT2D eigenvalue weighted by molar-refractivity contribution is 7.89. The Morgan fingerprint density at radius 1 is 1.30 bits per heavy atom. The first-order chi connectivity index (χ1) is 9.34. The fourth-order valence-electron chi connectivity index (χ4n) is 2.22. The molecule has 0 aliphatic carbocycles. The first-order valence-corrected chi connectivity index (χ1v) is 7.45. The van der Waals surface area contributed by atoms with E-state index in [-0.39, 0.29) is 13.1 Å². The first kappa shape index (κ1) is 14.9. The van der Waals surface area contributed by atoms with Gasteiger partial charge in [0.15, 0.2) is 4.90 Å². The van der Waals surface area contributed by atoms with Gasteiger partial charge >= 0.3 is 5.97 Å². The number of piperidine rings is 1. The molecule has 0 amide bonds. The minimum Gasteiger partial charge on any atom is -0.481 e. The van der Waals surface area contributed by atoms with Gasteiger partial charge in [-0.1, -0.05) is 6.07 Å². The number of benzene rings is 1. The van der Waals surface area contributed by atoms with Crippen LogP contribution in [0, 0.1) is 17.6 Å². The molecule has 0 unspecified atom stereocenters. The zero-order chi connectivity index (χ0) is 14.9. The van der Waals surface area contributed by atoms with Crippen molar-refractivity contribution in [2.45, 2.75) is 17.7 Å². The Bertz CT molecular complexity index is 612. The van der Waals surface area contributed by atoms with Crippen molar-refractivity contribution >= 4 is 16.0 Å². The molecular weight excluding hydrogens is 292 g/mol. The molecule has 1 aliphatic heterocycles. The minimum atomic E-state index is -4.37. The highest BCUT2D eigenvalue weighted by Crippen LogP contribution is 2.27. The van der Waals surface area contributed by atoms with Gasteiger partial charge in [-0.3, -0.25) is 4.79 Å². The second-order valence-electron chi connectivity index (χ2n) is 4.59. The van der Waals surface area contributed by atoms with E-state index in [1.807, 2.05) is 0 Å². The number of nitrogens with zero attached hydrogens (tertiary/aromatic N) is 1. The van der Waals surface area contributed by atoms with E-state index in [0.717, 1.165) is 22.5 Å². The molecule has 1 aromatic carbocycles. The van der Waals surface area contributed by atoms with Gasteiger partial charge in [0.05, 0.1) is 5.92 Å². The summed E-state index contributed by atoms with van der Waals surface area (Å²) in [6.45, 7) is -0.217. The summed E-state index contributed by atoms with van der Waals surface area (Å²) in [5.41, 5.74) is 0. The van der Waals surface area contributed by atoms with E-state index >= 15 is 0 Å². The van der Waals surface area contributed by atoms with Gasteiger partial charge in [0, 0.05) is 13.1 Å². The molecule has 1 heterocycles. The van der Waals surface area contributed by atoms with Crippen LogP contribution in [0.1, 0.15) is 12.8 Å². The fraction of sp³-hybridized carbons (Fsp3) is 0.417. The normalized spacial score (nSPS) is 20.8. The molecule has 1 fully saturated rings. The lowest BCUT2D eigenvalue weighted by atomic mass is 10.0. The molecule has 1 N–H and O–H groups in total. The Morgan fingerprint density at radius 2 is 1.90 bits per heavy atom. The predicted octanol–water partition coefficient (Wildman–Crippen LogP) is 1.45. The molecule has 1 atom stereocenters. The topological polar surface area (TPSA) is 74.7 Å². The number of sulfonamides is 1. The Labute approximate surface area is 114 Å².